The van der Waals surface area contributed by atoms with Crippen LogP contribution in [0, 0.1) is 0 Å². The van der Waals surface area contributed by atoms with Crippen LogP contribution in [0.25, 0.3) is 21.5 Å². The fourth-order valence-electron chi connectivity index (χ4n) is 4.66. The van der Waals surface area contributed by atoms with E-state index in [-0.39, 0.29) is 29.6 Å². The predicted octanol–water partition coefficient (Wildman–Crippen LogP) is 6.37. The topological polar surface area (TPSA) is 71.1 Å². The normalized spacial score (nSPS) is 12.7. The van der Waals surface area contributed by atoms with Crippen LogP contribution in [-0.4, -0.2) is 16.8 Å². The number of hydrogen-bond acceptors (Lipinski definition) is 3. The highest BCUT2D eigenvalue weighted by Gasteiger charge is 2.18. The van der Waals surface area contributed by atoms with E-state index in [4.69, 9.17) is 0 Å². The first-order chi connectivity index (χ1) is 17.5. The minimum atomic E-state index is -0.327. The van der Waals surface area contributed by atoms with Crippen molar-refractivity contribution in [2.45, 2.75) is 25.9 Å². The molecular formula is C31H27N3O2. The molecule has 0 saturated carbocycles. The van der Waals surface area contributed by atoms with Crippen LogP contribution >= 0.6 is 0 Å². The summed E-state index contributed by atoms with van der Waals surface area (Å²) in [7, 11) is 0. The molecule has 0 aliphatic rings. The zero-order valence-electron chi connectivity index (χ0n) is 20.2. The molecular weight excluding hydrogens is 446 g/mol. The summed E-state index contributed by atoms with van der Waals surface area (Å²) in [4.78, 5) is 30.3. The Kier molecular flexibility index (Phi) is 6.46. The van der Waals surface area contributed by atoms with Gasteiger partial charge in [-0.2, -0.15) is 0 Å². The molecule has 5 nitrogen and oxygen atoms in total. The van der Waals surface area contributed by atoms with E-state index in [0.717, 1.165) is 32.7 Å². The fourth-order valence-corrected chi connectivity index (χ4v) is 4.66. The third-order valence-electron chi connectivity index (χ3n) is 6.53. The summed E-state index contributed by atoms with van der Waals surface area (Å²) in [5.74, 6) is -0.582. The van der Waals surface area contributed by atoms with Crippen LogP contribution in [-0.2, 0) is 0 Å². The molecule has 2 atom stereocenters. The van der Waals surface area contributed by atoms with Gasteiger partial charge in [-0.25, -0.2) is 0 Å². The molecule has 0 aliphatic carbocycles. The molecule has 2 N–H and O–H groups in total. The molecule has 0 fully saturated rings. The Morgan fingerprint density at radius 1 is 0.639 bits per heavy atom. The second-order valence-corrected chi connectivity index (χ2v) is 8.96. The molecule has 0 bridgehead atoms. The predicted molar refractivity (Wildman–Crippen MR) is 144 cm³/mol. The van der Waals surface area contributed by atoms with Gasteiger partial charge in [0.15, 0.2) is 0 Å². The summed E-state index contributed by atoms with van der Waals surface area (Å²) in [6.45, 7) is 3.91. The maximum absolute atomic E-state index is 13.1. The van der Waals surface area contributed by atoms with Crippen molar-refractivity contribution in [2.24, 2.45) is 0 Å². The maximum Gasteiger partial charge on any atom is 0.270 e. The van der Waals surface area contributed by atoms with Gasteiger partial charge in [0.05, 0.1) is 12.1 Å². The van der Waals surface area contributed by atoms with E-state index < -0.39 is 0 Å². The van der Waals surface area contributed by atoms with Crippen molar-refractivity contribution in [3.63, 3.8) is 0 Å². The lowest BCUT2D eigenvalue weighted by atomic mass is 9.99. The van der Waals surface area contributed by atoms with E-state index in [1.165, 1.54) is 12.3 Å². The number of benzene rings is 4. The summed E-state index contributed by atoms with van der Waals surface area (Å²) < 4.78 is 0. The van der Waals surface area contributed by atoms with Gasteiger partial charge in [0.2, 0.25) is 0 Å². The van der Waals surface area contributed by atoms with Gasteiger partial charge in [0.25, 0.3) is 11.8 Å². The molecule has 36 heavy (non-hydrogen) atoms. The molecule has 2 unspecified atom stereocenters. The van der Waals surface area contributed by atoms with Crippen molar-refractivity contribution in [3.8, 4) is 0 Å². The quantitative estimate of drug-likeness (QED) is 0.301. The Morgan fingerprint density at radius 2 is 1.14 bits per heavy atom. The lowest BCUT2D eigenvalue weighted by molar-refractivity contribution is 0.0935. The van der Waals surface area contributed by atoms with Crippen molar-refractivity contribution in [2.75, 3.05) is 0 Å². The molecule has 5 aromatic rings. The number of nitrogens with zero attached hydrogens (tertiary/aromatic N) is 1. The zero-order chi connectivity index (χ0) is 25.1. The Morgan fingerprint density at radius 3 is 1.72 bits per heavy atom. The molecule has 1 aromatic heterocycles. The number of rotatable bonds is 6. The molecule has 5 heteroatoms. The number of carbonyl (C=O) groups excluding carboxylic acids is 2. The average Bonchev–Trinajstić information content (AvgIpc) is 2.92. The second-order valence-electron chi connectivity index (χ2n) is 8.96. The molecule has 178 valence electrons. The minimum Gasteiger partial charge on any atom is -0.345 e. The summed E-state index contributed by atoms with van der Waals surface area (Å²) in [5, 5.41) is 10.5. The molecule has 4 aromatic carbocycles. The van der Waals surface area contributed by atoms with E-state index in [1.807, 2.05) is 68.4 Å². The van der Waals surface area contributed by atoms with Crippen molar-refractivity contribution >= 4 is 33.4 Å². The van der Waals surface area contributed by atoms with Crippen LogP contribution in [0.4, 0.5) is 0 Å². The SMILES string of the molecule is CC(NC(=O)c1ccnc(C(=O)NC(C)c2cccc3ccccc23)c1)c1cccc2ccccc12. The number of pyridine rings is 1. The van der Waals surface area contributed by atoms with E-state index in [2.05, 4.69) is 45.9 Å². The number of aromatic nitrogens is 1. The first kappa shape index (κ1) is 23.2. The second kappa shape index (κ2) is 10.0. The first-order valence-corrected chi connectivity index (χ1v) is 12.0. The van der Waals surface area contributed by atoms with Crippen molar-refractivity contribution in [1.29, 1.82) is 0 Å². The summed E-state index contributed by atoms with van der Waals surface area (Å²) in [6.07, 6.45) is 1.50. The molecule has 0 aliphatic heterocycles. The van der Waals surface area contributed by atoms with Crippen LogP contribution in [0.15, 0.2) is 103 Å². The van der Waals surface area contributed by atoms with Gasteiger partial charge in [-0.1, -0.05) is 84.9 Å². The molecule has 5 rings (SSSR count). The van der Waals surface area contributed by atoms with Crippen LogP contribution in [0.2, 0.25) is 0 Å². The van der Waals surface area contributed by atoms with Gasteiger partial charge >= 0.3 is 0 Å². The molecule has 1 heterocycles. The van der Waals surface area contributed by atoms with E-state index >= 15 is 0 Å². The highest BCUT2D eigenvalue weighted by molar-refractivity contribution is 5.99. The van der Waals surface area contributed by atoms with Gasteiger partial charge < -0.3 is 10.6 Å². The average molecular weight is 474 g/mol. The Labute approximate surface area is 210 Å². The largest absolute Gasteiger partial charge is 0.345 e. The number of amides is 2. The zero-order valence-corrected chi connectivity index (χ0v) is 20.2. The van der Waals surface area contributed by atoms with Crippen LogP contribution in [0.3, 0.4) is 0 Å². The number of hydrogen-bond donors (Lipinski definition) is 2. The Balaban J connectivity index is 1.31. The lowest BCUT2D eigenvalue weighted by Crippen LogP contribution is -2.29. The minimum absolute atomic E-state index is 0.201. The van der Waals surface area contributed by atoms with Crippen LogP contribution in [0.1, 0.15) is 57.9 Å². The maximum atomic E-state index is 13.1. The first-order valence-electron chi connectivity index (χ1n) is 12.0. The number of nitrogens with one attached hydrogen (secondary N) is 2. The van der Waals surface area contributed by atoms with Crippen LogP contribution < -0.4 is 10.6 Å². The van der Waals surface area contributed by atoms with E-state index in [1.54, 1.807) is 6.07 Å². The lowest BCUT2D eigenvalue weighted by Gasteiger charge is -2.18. The smallest absolute Gasteiger partial charge is 0.270 e. The van der Waals surface area contributed by atoms with Crippen LogP contribution in [0.5, 0.6) is 0 Å². The van der Waals surface area contributed by atoms with E-state index in [0.29, 0.717) is 5.56 Å². The highest BCUT2D eigenvalue weighted by Crippen LogP contribution is 2.25. The molecule has 0 radical (unpaired) electrons. The summed E-state index contributed by atoms with van der Waals surface area (Å²) in [5.41, 5.74) is 2.66. The molecule has 0 spiro atoms. The number of carbonyl (C=O) groups is 2. The molecule has 0 saturated heterocycles. The molecule has 2 amide bonds. The third-order valence-corrected chi connectivity index (χ3v) is 6.53. The monoisotopic (exact) mass is 473 g/mol. The van der Waals surface area contributed by atoms with Crippen molar-refractivity contribution in [1.82, 2.24) is 15.6 Å². The van der Waals surface area contributed by atoms with Crippen molar-refractivity contribution in [3.05, 3.63) is 126 Å². The van der Waals surface area contributed by atoms with Gasteiger partial charge in [0.1, 0.15) is 5.69 Å². The summed E-state index contributed by atoms with van der Waals surface area (Å²) in [6, 6.07) is 31.0. The standard InChI is InChI=1S/C31H27N3O2/c1-20(25-15-7-11-22-9-3-5-13-27(22)25)33-30(35)24-17-18-32-29(19-24)31(36)34-21(2)26-16-8-12-23-10-4-6-14-28(23)26/h3-21H,1-2H3,(H,33,35)(H,34,36). The highest BCUT2D eigenvalue weighted by atomic mass is 16.2. The Hall–Kier alpha value is -4.51. The van der Waals surface area contributed by atoms with E-state index in [9.17, 15) is 9.59 Å². The van der Waals surface area contributed by atoms with Gasteiger partial charge in [-0.15, -0.1) is 0 Å². The number of fused-ring (bicyclic) bond motifs is 2. The fraction of sp³-hybridized carbons (Fsp3) is 0.129. The Bertz CT molecular complexity index is 1450. The summed E-state index contributed by atoms with van der Waals surface area (Å²) >= 11 is 0. The van der Waals surface area contributed by atoms with Gasteiger partial charge in [-0.05, 0) is 58.7 Å². The van der Waals surface area contributed by atoms with Gasteiger partial charge in [-0.3, -0.25) is 14.6 Å². The van der Waals surface area contributed by atoms with Crippen molar-refractivity contribution < 1.29 is 9.59 Å². The van der Waals surface area contributed by atoms with Gasteiger partial charge in [0, 0.05) is 11.8 Å². The third kappa shape index (κ3) is 4.68.